The van der Waals surface area contributed by atoms with Crippen molar-refractivity contribution in [3.63, 3.8) is 0 Å². The van der Waals surface area contributed by atoms with Gasteiger partial charge in [-0.1, -0.05) is 0 Å². The molecule has 0 aromatic carbocycles. The van der Waals surface area contributed by atoms with E-state index in [4.69, 9.17) is 0 Å². The number of sulfonamides is 1. The number of hydrogen-bond donors (Lipinski definition) is 2. The van der Waals surface area contributed by atoms with Crippen molar-refractivity contribution in [3.05, 3.63) is 0 Å². The van der Waals surface area contributed by atoms with E-state index in [-0.39, 0.29) is 0 Å². The molecule has 0 aliphatic rings. The molecule has 0 aromatic rings. The highest BCUT2D eigenvalue weighted by Crippen LogP contribution is 1.69. The van der Waals surface area contributed by atoms with Crippen molar-refractivity contribution in [2.75, 3.05) is 26.4 Å². The first-order valence-electron chi connectivity index (χ1n) is 2.65. The number of nitrogens with one attached hydrogen (secondary N) is 2. The summed E-state index contributed by atoms with van der Waals surface area (Å²) < 4.78 is 23.1. The number of likely N-dealkylation sites (N-methyl/N-ethyl adjacent to an activating group) is 1. The Hall–Kier alpha value is -0.130. The van der Waals surface area contributed by atoms with E-state index in [9.17, 15) is 8.42 Å². The minimum Gasteiger partial charge on any atom is -0.318 e. The van der Waals surface area contributed by atoms with Gasteiger partial charge in [0.1, 0.15) is 0 Å². The van der Waals surface area contributed by atoms with Crippen molar-refractivity contribution in [3.8, 4) is 0 Å². The second kappa shape index (κ2) is 3.81. The lowest BCUT2D eigenvalue weighted by Crippen LogP contribution is -2.29. The van der Waals surface area contributed by atoms with E-state index < -0.39 is 10.0 Å². The van der Waals surface area contributed by atoms with Crippen molar-refractivity contribution >= 4 is 10.0 Å². The van der Waals surface area contributed by atoms with E-state index in [0.717, 1.165) is 6.26 Å². The van der Waals surface area contributed by atoms with Gasteiger partial charge in [-0.25, -0.2) is 13.1 Å². The lowest BCUT2D eigenvalue weighted by Gasteiger charge is -1.98. The molecule has 5 heteroatoms. The normalized spacial score (nSPS) is 11.8. The highest BCUT2D eigenvalue weighted by atomic mass is 32.2. The van der Waals surface area contributed by atoms with Crippen LogP contribution in [-0.4, -0.2) is 34.8 Å². The van der Waals surface area contributed by atoms with Crippen LogP contribution in [0.2, 0.25) is 0 Å². The van der Waals surface area contributed by atoms with Crippen LogP contribution in [0, 0.1) is 0 Å². The molecule has 4 nitrogen and oxygen atoms in total. The van der Waals surface area contributed by atoms with Gasteiger partial charge in [0.05, 0.1) is 6.26 Å². The fourth-order valence-corrected chi connectivity index (χ4v) is 0.834. The second-order valence-corrected chi connectivity index (χ2v) is 3.60. The smallest absolute Gasteiger partial charge is 0.208 e. The summed E-state index contributed by atoms with van der Waals surface area (Å²) in [5.74, 6) is 0. The van der Waals surface area contributed by atoms with Crippen LogP contribution in [0.15, 0.2) is 0 Å². The van der Waals surface area contributed by atoms with Crippen LogP contribution in [0.1, 0.15) is 0 Å². The fourth-order valence-electron chi connectivity index (χ4n) is 0.361. The maximum atomic E-state index is 10.4. The number of rotatable bonds is 4. The van der Waals surface area contributed by atoms with Crippen LogP contribution >= 0.6 is 0 Å². The predicted molar refractivity (Wildman–Crippen MR) is 36.8 cm³/mol. The molecule has 0 rings (SSSR count). The molecule has 0 saturated carbocycles. The summed E-state index contributed by atoms with van der Waals surface area (Å²) in [5.41, 5.74) is 0. The molecule has 0 heterocycles. The zero-order valence-electron chi connectivity index (χ0n) is 5.64. The molecule has 0 bridgehead atoms. The van der Waals surface area contributed by atoms with E-state index in [1.807, 2.05) is 0 Å². The molecule has 0 fully saturated rings. The Morgan fingerprint density at radius 1 is 1.33 bits per heavy atom. The molecule has 0 aliphatic heterocycles. The molecule has 0 aromatic heterocycles. The Morgan fingerprint density at radius 2 is 1.89 bits per heavy atom. The van der Waals surface area contributed by atoms with E-state index in [1.54, 1.807) is 7.05 Å². The van der Waals surface area contributed by atoms with Crippen LogP contribution in [0.25, 0.3) is 0 Å². The zero-order valence-corrected chi connectivity index (χ0v) is 6.46. The van der Waals surface area contributed by atoms with Crippen molar-refractivity contribution in [1.29, 1.82) is 0 Å². The topological polar surface area (TPSA) is 58.2 Å². The lowest BCUT2D eigenvalue weighted by molar-refractivity contribution is 0.585. The van der Waals surface area contributed by atoms with Crippen LogP contribution < -0.4 is 10.0 Å². The Labute approximate surface area is 55.7 Å². The summed E-state index contributed by atoms with van der Waals surface area (Å²) in [7, 11) is -1.22. The Balaban J connectivity index is 3.30. The van der Waals surface area contributed by atoms with E-state index >= 15 is 0 Å². The molecule has 2 N–H and O–H groups in total. The van der Waals surface area contributed by atoms with Gasteiger partial charge in [-0.2, -0.15) is 0 Å². The predicted octanol–water partition coefficient (Wildman–Crippen LogP) is -1.24. The summed E-state index contributed by atoms with van der Waals surface area (Å²) in [6, 6.07) is 0. The van der Waals surface area contributed by atoms with Crippen molar-refractivity contribution < 1.29 is 8.42 Å². The first-order chi connectivity index (χ1) is 4.06. The Bertz CT molecular complexity index is 152. The van der Waals surface area contributed by atoms with Gasteiger partial charge in [0.2, 0.25) is 10.0 Å². The minimum atomic E-state index is -2.99. The highest BCUT2D eigenvalue weighted by Gasteiger charge is 1.95. The zero-order chi connectivity index (χ0) is 7.33. The summed E-state index contributed by atoms with van der Waals surface area (Å²) in [6.45, 7) is 1.11. The maximum Gasteiger partial charge on any atom is 0.208 e. The molecule has 0 saturated heterocycles. The van der Waals surface area contributed by atoms with Gasteiger partial charge in [-0.3, -0.25) is 0 Å². The third kappa shape index (κ3) is 7.87. The molecular formula is C4H12N2O2S. The molecule has 0 unspecified atom stereocenters. The van der Waals surface area contributed by atoms with E-state index in [1.165, 1.54) is 0 Å². The first-order valence-corrected chi connectivity index (χ1v) is 4.54. The fraction of sp³-hybridized carbons (Fsp3) is 1.00. The van der Waals surface area contributed by atoms with E-state index in [2.05, 4.69) is 10.0 Å². The molecular weight excluding hydrogens is 140 g/mol. The molecule has 0 aliphatic carbocycles. The Kier molecular flexibility index (Phi) is 3.76. The van der Waals surface area contributed by atoms with Crippen LogP contribution in [0.3, 0.4) is 0 Å². The lowest BCUT2D eigenvalue weighted by atomic mass is 10.7. The largest absolute Gasteiger partial charge is 0.318 e. The minimum absolute atomic E-state index is 0.454. The SMILES string of the molecule is CNCCNS(C)(=O)=O. The van der Waals surface area contributed by atoms with Crippen molar-refractivity contribution in [1.82, 2.24) is 10.0 Å². The van der Waals surface area contributed by atoms with Crippen molar-refractivity contribution in [2.24, 2.45) is 0 Å². The first kappa shape index (κ1) is 8.87. The van der Waals surface area contributed by atoms with Crippen LogP contribution in [-0.2, 0) is 10.0 Å². The monoisotopic (exact) mass is 152 g/mol. The third-order valence-electron chi connectivity index (χ3n) is 0.739. The summed E-state index contributed by atoms with van der Waals surface area (Å²) in [6.07, 6.45) is 1.14. The Morgan fingerprint density at radius 3 is 2.22 bits per heavy atom. The van der Waals surface area contributed by atoms with Gasteiger partial charge < -0.3 is 5.32 Å². The molecule has 56 valence electrons. The van der Waals surface area contributed by atoms with Gasteiger partial charge in [0.25, 0.3) is 0 Å². The average molecular weight is 152 g/mol. The maximum absolute atomic E-state index is 10.4. The highest BCUT2D eigenvalue weighted by molar-refractivity contribution is 7.88. The molecule has 0 amide bonds. The quantitative estimate of drug-likeness (QED) is 0.495. The van der Waals surface area contributed by atoms with Gasteiger partial charge in [0.15, 0.2) is 0 Å². The molecule has 0 radical (unpaired) electrons. The van der Waals surface area contributed by atoms with Crippen LogP contribution in [0.4, 0.5) is 0 Å². The standard InChI is InChI=1S/C4H12N2O2S/c1-5-3-4-6-9(2,7)8/h5-6H,3-4H2,1-2H3. The molecule has 0 atom stereocenters. The average Bonchev–Trinajstić information content (AvgIpc) is 1.63. The summed E-state index contributed by atoms with van der Waals surface area (Å²) >= 11 is 0. The summed E-state index contributed by atoms with van der Waals surface area (Å²) in [4.78, 5) is 0. The number of hydrogen-bond acceptors (Lipinski definition) is 3. The second-order valence-electron chi connectivity index (χ2n) is 1.77. The van der Waals surface area contributed by atoms with Crippen molar-refractivity contribution in [2.45, 2.75) is 0 Å². The van der Waals surface area contributed by atoms with Gasteiger partial charge in [-0.15, -0.1) is 0 Å². The molecule has 9 heavy (non-hydrogen) atoms. The molecule has 0 spiro atoms. The van der Waals surface area contributed by atoms with Crippen LogP contribution in [0.5, 0.6) is 0 Å². The van der Waals surface area contributed by atoms with Gasteiger partial charge >= 0.3 is 0 Å². The van der Waals surface area contributed by atoms with Gasteiger partial charge in [0, 0.05) is 13.1 Å². The van der Waals surface area contributed by atoms with Gasteiger partial charge in [-0.05, 0) is 7.05 Å². The third-order valence-corrected chi connectivity index (χ3v) is 1.47. The summed E-state index contributed by atoms with van der Waals surface area (Å²) in [5, 5.41) is 2.81. The van der Waals surface area contributed by atoms with E-state index in [0.29, 0.717) is 13.1 Å².